The van der Waals surface area contributed by atoms with E-state index in [-0.39, 0.29) is 13.2 Å². The van der Waals surface area contributed by atoms with Crippen LogP contribution in [0.4, 0.5) is 10.5 Å². The van der Waals surface area contributed by atoms with Crippen LogP contribution < -0.4 is 9.64 Å². The highest BCUT2D eigenvalue weighted by molar-refractivity contribution is 6.08. The highest BCUT2D eigenvalue weighted by atomic mass is 16.5. The third-order valence-electron chi connectivity index (χ3n) is 6.35. The van der Waals surface area contributed by atoms with Crippen molar-refractivity contribution in [3.8, 4) is 5.75 Å². The van der Waals surface area contributed by atoms with E-state index in [1.165, 1.54) is 4.90 Å². The topological polar surface area (TPSA) is 95.0 Å². The fraction of sp³-hybridized carbons (Fsp3) is 0.583. The smallest absolute Gasteiger partial charge is 0.328 e. The molecule has 2 unspecified atom stereocenters. The number of guanidine groups is 1. The molecule has 1 aromatic carbocycles. The number of carbonyl (C=O) groups is 3. The number of aliphatic imine (C=N–C) groups is 1. The number of carbonyl (C=O) groups excluding carboxylic acids is 3. The van der Waals surface area contributed by atoms with Gasteiger partial charge in [0, 0.05) is 25.8 Å². The molecule has 0 spiro atoms. The van der Waals surface area contributed by atoms with Gasteiger partial charge in [-0.05, 0) is 50.5 Å². The van der Waals surface area contributed by atoms with Crippen molar-refractivity contribution in [3.63, 3.8) is 0 Å². The summed E-state index contributed by atoms with van der Waals surface area (Å²) in [6.45, 7) is 5.83. The van der Waals surface area contributed by atoms with Gasteiger partial charge in [0.2, 0.25) is 5.96 Å². The number of ether oxygens (including phenoxy) is 2. The molecule has 0 bridgehead atoms. The number of fused-ring (bicyclic) bond motifs is 3. The summed E-state index contributed by atoms with van der Waals surface area (Å²) in [6.07, 6.45) is 2.83. The number of imide groups is 1. The maximum absolute atomic E-state index is 13.5. The van der Waals surface area contributed by atoms with Crippen LogP contribution in [0.1, 0.15) is 39.5 Å². The molecule has 0 radical (unpaired) electrons. The van der Waals surface area contributed by atoms with Crippen LogP contribution in [0.3, 0.4) is 0 Å². The third-order valence-corrected chi connectivity index (χ3v) is 6.35. The largest absolute Gasteiger partial charge is 0.494 e. The number of amides is 3. The first-order valence-electron chi connectivity index (χ1n) is 12.0. The third kappa shape index (κ3) is 4.53. The number of esters is 1. The van der Waals surface area contributed by atoms with Crippen molar-refractivity contribution in [2.75, 3.05) is 44.8 Å². The Balaban J connectivity index is 1.56. The van der Waals surface area contributed by atoms with Crippen molar-refractivity contribution in [3.05, 3.63) is 24.3 Å². The minimum atomic E-state index is -0.663. The molecule has 10 heteroatoms. The zero-order chi connectivity index (χ0) is 24.2. The maximum Gasteiger partial charge on any atom is 0.328 e. The number of hydrogen-bond donors (Lipinski definition) is 0. The Labute approximate surface area is 200 Å². The summed E-state index contributed by atoms with van der Waals surface area (Å²) in [4.78, 5) is 50.1. The molecule has 2 saturated heterocycles. The molecule has 3 heterocycles. The fourth-order valence-corrected chi connectivity index (χ4v) is 4.57. The Hall–Kier alpha value is -3.30. The normalized spacial score (nSPS) is 22.3. The molecule has 0 N–H and O–H groups in total. The summed E-state index contributed by atoms with van der Waals surface area (Å²) in [5.41, 5.74) is 0.950. The van der Waals surface area contributed by atoms with E-state index in [2.05, 4.69) is 4.90 Å². The van der Waals surface area contributed by atoms with E-state index in [0.717, 1.165) is 48.6 Å². The van der Waals surface area contributed by atoms with Gasteiger partial charge in [-0.1, -0.05) is 13.3 Å². The quantitative estimate of drug-likeness (QED) is 0.424. The highest BCUT2D eigenvalue weighted by Gasteiger charge is 2.53. The van der Waals surface area contributed by atoms with Crippen LogP contribution in [0.5, 0.6) is 5.75 Å². The molecule has 184 valence electrons. The predicted molar refractivity (Wildman–Crippen MR) is 127 cm³/mol. The number of unbranched alkanes of at least 4 members (excludes halogenated alkanes) is 1. The lowest BCUT2D eigenvalue weighted by atomic mass is 10.1. The molecule has 10 nitrogen and oxygen atoms in total. The standard InChI is InChI=1S/C24H33N5O5/c1-4-6-15-34-19(30)16-29-22(31)20-21(26(3)24(29)32)25-23-27(13-7-8-14-28(20)23)17-9-11-18(12-10-17)33-5-2/h9-12,20-21H,4-8,13-16H2,1-3H3. The number of anilines is 1. The van der Waals surface area contributed by atoms with Gasteiger partial charge < -0.3 is 24.2 Å². The van der Waals surface area contributed by atoms with E-state index in [1.54, 1.807) is 7.05 Å². The van der Waals surface area contributed by atoms with Crippen LogP contribution in [0.25, 0.3) is 0 Å². The first-order valence-corrected chi connectivity index (χ1v) is 12.0. The van der Waals surface area contributed by atoms with Gasteiger partial charge >= 0.3 is 12.0 Å². The SMILES string of the molecule is CCCCOC(=O)CN1C(=O)C2C(N=C3N(c4ccc(OCC)cc4)CCCCN32)N(C)C1=O. The molecular weight excluding hydrogens is 438 g/mol. The second kappa shape index (κ2) is 10.3. The van der Waals surface area contributed by atoms with Gasteiger partial charge in [0.05, 0.1) is 13.2 Å². The second-order valence-corrected chi connectivity index (χ2v) is 8.66. The summed E-state index contributed by atoms with van der Waals surface area (Å²) in [6, 6.07) is 6.60. The van der Waals surface area contributed by atoms with Crippen LogP contribution in [0, 0.1) is 0 Å². The number of likely N-dealkylation sites (N-methyl/N-ethyl adjacent to an activating group) is 1. The Morgan fingerprint density at radius 3 is 2.56 bits per heavy atom. The first-order chi connectivity index (χ1) is 16.5. The molecule has 3 aliphatic rings. The molecule has 3 aliphatic heterocycles. The lowest BCUT2D eigenvalue weighted by molar-refractivity contribution is -0.151. The summed E-state index contributed by atoms with van der Waals surface area (Å²) >= 11 is 0. The summed E-state index contributed by atoms with van der Waals surface area (Å²) in [5, 5.41) is 0. The molecule has 4 rings (SSSR count). The van der Waals surface area contributed by atoms with Crippen LogP contribution in [0.2, 0.25) is 0 Å². The van der Waals surface area contributed by atoms with Gasteiger partial charge in [0.15, 0.2) is 12.2 Å². The van der Waals surface area contributed by atoms with E-state index in [0.29, 0.717) is 19.1 Å². The highest BCUT2D eigenvalue weighted by Crippen LogP contribution is 2.33. The van der Waals surface area contributed by atoms with Gasteiger partial charge in [0.25, 0.3) is 5.91 Å². The summed E-state index contributed by atoms with van der Waals surface area (Å²) in [5.74, 6) is 0.486. The molecule has 3 amide bonds. The molecule has 34 heavy (non-hydrogen) atoms. The molecular formula is C24H33N5O5. The van der Waals surface area contributed by atoms with Gasteiger partial charge in [-0.3, -0.25) is 14.5 Å². The Morgan fingerprint density at radius 1 is 1.12 bits per heavy atom. The molecule has 0 saturated carbocycles. The van der Waals surface area contributed by atoms with Crippen molar-refractivity contribution in [1.82, 2.24) is 14.7 Å². The number of nitrogens with zero attached hydrogens (tertiary/aromatic N) is 5. The predicted octanol–water partition coefficient (Wildman–Crippen LogP) is 2.29. The number of rotatable bonds is 8. The van der Waals surface area contributed by atoms with E-state index in [4.69, 9.17) is 14.5 Å². The van der Waals surface area contributed by atoms with Crippen LogP contribution in [0.15, 0.2) is 29.3 Å². The average Bonchev–Trinajstić information content (AvgIpc) is 3.09. The molecule has 2 fully saturated rings. The van der Waals surface area contributed by atoms with Gasteiger partial charge in [0.1, 0.15) is 12.3 Å². The Morgan fingerprint density at radius 2 is 1.85 bits per heavy atom. The molecule has 2 atom stereocenters. The number of benzene rings is 1. The minimum Gasteiger partial charge on any atom is -0.494 e. The minimum absolute atomic E-state index is 0.282. The van der Waals surface area contributed by atoms with Crippen molar-refractivity contribution in [2.24, 2.45) is 4.99 Å². The van der Waals surface area contributed by atoms with Gasteiger partial charge in [-0.25, -0.2) is 9.79 Å². The van der Waals surface area contributed by atoms with Crippen molar-refractivity contribution >= 4 is 29.6 Å². The van der Waals surface area contributed by atoms with E-state index < -0.39 is 30.1 Å². The van der Waals surface area contributed by atoms with Crippen LogP contribution in [-0.4, -0.2) is 90.7 Å². The van der Waals surface area contributed by atoms with Gasteiger partial charge in [-0.2, -0.15) is 0 Å². The zero-order valence-electron chi connectivity index (χ0n) is 20.1. The van der Waals surface area contributed by atoms with E-state index in [1.807, 2.05) is 43.0 Å². The lowest BCUT2D eigenvalue weighted by Crippen LogP contribution is -2.66. The number of hydrogen-bond acceptors (Lipinski definition) is 8. The summed E-state index contributed by atoms with van der Waals surface area (Å²) in [7, 11) is 1.62. The van der Waals surface area contributed by atoms with Crippen LogP contribution >= 0.6 is 0 Å². The Kier molecular flexibility index (Phi) is 7.23. The molecule has 0 aliphatic carbocycles. The number of urea groups is 1. The van der Waals surface area contributed by atoms with Crippen molar-refractivity contribution < 1.29 is 23.9 Å². The van der Waals surface area contributed by atoms with Crippen molar-refractivity contribution in [1.29, 1.82) is 0 Å². The first kappa shape index (κ1) is 23.8. The van der Waals surface area contributed by atoms with E-state index >= 15 is 0 Å². The van der Waals surface area contributed by atoms with Crippen LogP contribution in [-0.2, 0) is 14.3 Å². The second-order valence-electron chi connectivity index (χ2n) is 8.66. The van der Waals surface area contributed by atoms with Crippen molar-refractivity contribution in [2.45, 2.75) is 51.7 Å². The molecule has 0 aromatic heterocycles. The zero-order valence-corrected chi connectivity index (χ0v) is 20.1. The summed E-state index contributed by atoms with van der Waals surface area (Å²) < 4.78 is 10.8. The Bertz CT molecular complexity index is 950. The lowest BCUT2D eigenvalue weighted by Gasteiger charge is -2.41. The monoisotopic (exact) mass is 471 g/mol. The van der Waals surface area contributed by atoms with Gasteiger partial charge in [-0.15, -0.1) is 0 Å². The maximum atomic E-state index is 13.5. The molecule has 1 aromatic rings. The van der Waals surface area contributed by atoms with E-state index in [9.17, 15) is 14.4 Å². The average molecular weight is 472 g/mol. The fourth-order valence-electron chi connectivity index (χ4n) is 4.57.